The fourth-order valence-electron chi connectivity index (χ4n) is 3.37. The lowest BCUT2D eigenvalue weighted by Crippen LogP contribution is -2.49. The van der Waals surface area contributed by atoms with Crippen molar-refractivity contribution in [2.24, 2.45) is 5.92 Å². The largest absolute Gasteiger partial charge is 0.375 e. The topological polar surface area (TPSA) is 32.8 Å². The van der Waals surface area contributed by atoms with Gasteiger partial charge < -0.3 is 9.64 Å². The summed E-state index contributed by atoms with van der Waals surface area (Å²) in [5, 5.41) is 4.08. The van der Waals surface area contributed by atoms with Gasteiger partial charge in [0.1, 0.15) is 0 Å². The Morgan fingerprint density at radius 2 is 2.36 bits per heavy atom. The first-order chi connectivity index (χ1) is 10.8. The predicted octanol–water partition coefficient (Wildman–Crippen LogP) is 2.03. The molecule has 3 rings (SSSR count). The molecule has 1 aromatic heterocycles. The van der Waals surface area contributed by atoms with Gasteiger partial charge in [0.15, 0.2) is 0 Å². The van der Waals surface area contributed by atoms with Gasteiger partial charge in [-0.3, -0.25) is 9.69 Å². The molecule has 2 atom stereocenters. The smallest absolute Gasteiger partial charge is 0.227 e. The first kappa shape index (κ1) is 15.7. The molecule has 0 radical (unpaired) electrons. The third-order valence-electron chi connectivity index (χ3n) is 4.60. The summed E-state index contributed by atoms with van der Waals surface area (Å²) in [7, 11) is 0. The van der Waals surface area contributed by atoms with E-state index in [0.717, 1.165) is 51.3 Å². The number of hydrogen-bond donors (Lipinski definition) is 0. The maximum Gasteiger partial charge on any atom is 0.227 e. The van der Waals surface area contributed by atoms with E-state index in [-0.39, 0.29) is 12.0 Å². The molecule has 2 aliphatic rings. The van der Waals surface area contributed by atoms with Gasteiger partial charge in [0, 0.05) is 38.6 Å². The van der Waals surface area contributed by atoms with Crippen LogP contribution < -0.4 is 0 Å². The number of likely N-dealkylation sites (tertiary alicyclic amines) is 1. The molecule has 22 heavy (non-hydrogen) atoms. The second-order valence-electron chi connectivity index (χ2n) is 6.15. The van der Waals surface area contributed by atoms with Crippen LogP contribution in [0.2, 0.25) is 0 Å². The summed E-state index contributed by atoms with van der Waals surface area (Å²) in [5.74, 6) is 0.764. The van der Waals surface area contributed by atoms with Gasteiger partial charge in [0.2, 0.25) is 5.91 Å². The van der Waals surface area contributed by atoms with E-state index in [2.05, 4.69) is 16.9 Å². The second-order valence-corrected chi connectivity index (χ2v) is 6.93. The Kier molecular flexibility index (Phi) is 5.28. The van der Waals surface area contributed by atoms with E-state index in [9.17, 15) is 4.79 Å². The highest BCUT2D eigenvalue weighted by molar-refractivity contribution is 7.07. The Labute approximate surface area is 136 Å². The lowest BCUT2D eigenvalue weighted by Gasteiger charge is -2.38. The van der Waals surface area contributed by atoms with Crippen molar-refractivity contribution in [1.82, 2.24) is 9.80 Å². The summed E-state index contributed by atoms with van der Waals surface area (Å²) in [6.45, 7) is 9.12. The SMILES string of the molecule is C=CCN1CCO[C@@H]2CN(C(=O)Cc3ccsc3)CC[C@@H]2C1. The number of carbonyl (C=O) groups is 1. The van der Waals surface area contributed by atoms with Crippen LogP contribution in [-0.2, 0) is 16.0 Å². The molecule has 0 aliphatic carbocycles. The quantitative estimate of drug-likeness (QED) is 0.796. The van der Waals surface area contributed by atoms with Crippen LogP contribution in [0.4, 0.5) is 0 Å². The number of piperidine rings is 1. The van der Waals surface area contributed by atoms with Crippen molar-refractivity contribution in [3.8, 4) is 0 Å². The summed E-state index contributed by atoms with van der Waals surface area (Å²) >= 11 is 1.64. The molecule has 0 saturated carbocycles. The number of hydrogen-bond acceptors (Lipinski definition) is 4. The number of ether oxygens (including phenoxy) is 1. The van der Waals surface area contributed by atoms with E-state index in [4.69, 9.17) is 4.74 Å². The zero-order valence-electron chi connectivity index (χ0n) is 12.9. The van der Waals surface area contributed by atoms with Crippen molar-refractivity contribution in [1.29, 1.82) is 0 Å². The lowest BCUT2D eigenvalue weighted by molar-refractivity contribution is -0.136. The number of rotatable bonds is 4. The summed E-state index contributed by atoms with van der Waals surface area (Å²) in [5.41, 5.74) is 1.12. The van der Waals surface area contributed by atoms with Gasteiger partial charge in [-0.2, -0.15) is 11.3 Å². The molecule has 0 spiro atoms. The van der Waals surface area contributed by atoms with Crippen LogP contribution in [0, 0.1) is 5.92 Å². The normalized spacial score (nSPS) is 26.3. The van der Waals surface area contributed by atoms with Crippen LogP contribution in [0.25, 0.3) is 0 Å². The first-order valence-corrected chi connectivity index (χ1v) is 8.94. The fraction of sp³-hybridized carbons (Fsp3) is 0.588. The van der Waals surface area contributed by atoms with Gasteiger partial charge in [-0.25, -0.2) is 0 Å². The Morgan fingerprint density at radius 3 is 3.14 bits per heavy atom. The molecule has 2 aliphatic heterocycles. The number of carbonyl (C=O) groups excluding carboxylic acids is 1. The van der Waals surface area contributed by atoms with Crippen molar-refractivity contribution in [2.75, 3.05) is 39.3 Å². The zero-order valence-corrected chi connectivity index (χ0v) is 13.8. The predicted molar refractivity (Wildman–Crippen MR) is 89.1 cm³/mol. The Balaban J connectivity index is 1.56. The van der Waals surface area contributed by atoms with Gasteiger partial charge in [0.05, 0.1) is 19.1 Å². The molecular formula is C17H24N2O2S. The minimum Gasteiger partial charge on any atom is -0.375 e. The highest BCUT2D eigenvalue weighted by Crippen LogP contribution is 2.24. The van der Waals surface area contributed by atoms with Crippen LogP contribution in [0.3, 0.4) is 0 Å². The zero-order chi connectivity index (χ0) is 15.4. The lowest BCUT2D eigenvalue weighted by atomic mass is 9.93. The Hall–Kier alpha value is -1.17. The molecule has 2 fully saturated rings. The van der Waals surface area contributed by atoms with Crippen molar-refractivity contribution in [2.45, 2.75) is 18.9 Å². The maximum absolute atomic E-state index is 12.4. The van der Waals surface area contributed by atoms with E-state index in [1.165, 1.54) is 0 Å². The van der Waals surface area contributed by atoms with Crippen LogP contribution in [0.5, 0.6) is 0 Å². The molecule has 5 heteroatoms. The maximum atomic E-state index is 12.4. The molecule has 3 heterocycles. The monoisotopic (exact) mass is 320 g/mol. The summed E-state index contributed by atoms with van der Waals surface area (Å²) in [6, 6.07) is 2.03. The molecule has 120 valence electrons. The fourth-order valence-corrected chi connectivity index (χ4v) is 4.04. The van der Waals surface area contributed by atoms with Gasteiger partial charge in [0.25, 0.3) is 0 Å². The van der Waals surface area contributed by atoms with E-state index in [0.29, 0.717) is 12.3 Å². The van der Waals surface area contributed by atoms with Gasteiger partial charge >= 0.3 is 0 Å². The number of nitrogens with zero attached hydrogens (tertiary/aromatic N) is 2. The van der Waals surface area contributed by atoms with Crippen LogP contribution in [-0.4, -0.2) is 61.1 Å². The number of thiophene rings is 1. The Bertz CT molecular complexity index is 503. The van der Waals surface area contributed by atoms with Crippen LogP contribution in [0.15, 0.2) is 29.5 Å². The Morgan fingerprint density at radius 1 is 1.45 bits per heavy atom. The molecule has 2 saturated heterocycles. The van der Waals surface area contributed by atoms with E-state index < -0.39 is 0 Å². The first-order valence-electron chi connectivity index (χ1n) is 8.00. The molecule has 0 aromatic carbocycles. The minimum absolute atomic E-state index is 0.190. The molecule has 1 aromatic rings. The third-order valence-corrected chi connectivity index (χ3v) is 5.34. The average Bonchev–Trinajstić information content (AvgIpc) is 2.93. The molecule has 1 amide bonds. The average molecular weight is 320 g/mol. The summed E-state index contributed by atoms with van der Waals surface area (Å²) < 4.78 is 6.03. The summed E-state index contributed by atoms with van der Waals surface area (Å²) in [6.07, 6.45) is 3.70. The van der Waals surface area contributed by atoms with E-state index in [1.807, 2.05) is 22.4 Å². The number of amides is 1. The van der Waals surface area contributed by atoms with Crippen molar-refractivity contribution in [3.63, 3.8) is 0 Å². The molecule has 0 unspecified atom stereocenters. The standard InChI is InChI=1S/C17H24N2O2S/c1-2-5-18-7-8-21-16-12-19(6-3-15(16)11-18)17(20)10-14-4-9-22-13-14/h2,4,9,13,15-16H,1,3,5-8,10-12H2/t15-,16-/m1/s1. The molecule has 0 bridgehead atoms. The number of fused-ring (bicyclic) bond motifs is 1. The van der Waals surface area contributed by atoms with Crippen molar-refractivity contribution >= 4 is 17.2 Å². The molecule has 0 N–H and O–H groups in total. The van der Waals surface area contributed by atoms with E-state index >= 15 is 0 Å². The summed E-state index contributed by atoms with van der Waals surface area (Å²) in [4.78, 5) is 16.8. The highest BCUT2D eigenvalue weighted by Gasteiger charge is 2.34. The van der Waals surface area contributed by atoms with Crippen molar-refractivity contribution < 1.29 is 9.53 Å². The van der Waals surface area contributed by atoms with E-state index in [1.54, 1.807) is 11.3 Å². The van der Waals surface area contributed by atoms with Gasteiger partial charge in [-0.05, 0) is 28.8 Å². The van der Waals surface area contributed by atoms with Crippen molar-refractivity contribution in [3.05, 3.63) is 35.0 Å². The van der Waals surface area contributed by atoms with Crippen LogP contribution in [0.1, 0.15) is 12.0 Å². The van der Waals surface area contributed by atoms with Crippen LogP contribution >= 0.6 is 11.3 Å². The second kappa shape index (κ2) is 7.40. The highest BCUT2D eigenvalue weighted by atomic mass is 32.1. The van der Waals surface area contributed by atoms with Gasteiger partial charge in [-0.15, -0.1) is 6.58 Å². The third kappa shape index (κ3) is 3.77. The molecular weight excluding hydrogens is 296 g/mol. The minimum atomic E-state index is 0.190. The molecule has 4 nitrogen and oxygen atoms in total. The van der Waals surface area contributed by atoms with Gasteiger partial charge in [-0.1, -0.05) is 6.08 Å².